The molecular formula is C18H37N. The first-order valence-electron chi connectivity index (χ1n) is 8.92. The summed E-state index contributed by atoms with van der Waals surface area (Å²) in [5.41, 5.74) is 6.61. The van der Waals surface area contributed by atoms with E-state index in [0.717, 1.165) is 12.5 Å². The zero-order chi connectivity index (χ0) is 14.0. The molecule has 1 aliphatic carbocycles. The topological polar surface area (TPSA) is 26.0 Å². The third-order valence-electron chi connectivity index (χ3n) is 5.18. The van der Waals surface area contributed by atoms with Crippen LogP contribution >= 0.6 is 0 Å². The van der Waals surface area contributed by atoms with E-state index in [1.807, 2.05) is 0 Å². The van der Waals surface area contributed by atoms with Crippen LogP contribution in [0.1, 0.15) is 97.3 Å². The summed E-state index contributed by atoms with van der Waals surface area (Å²) < 4.78 is 0. The highest BCUT2D eigenvalue weighted by Gasteiger charge is 2.32. The maximum Gasteiger partial charge on any atom is -0.00204 e. The Morgan fingerprint density at radius 2 is 1.63 bits per heavy atom. The van der Waals surface area contributed by atoms with Crippen LogP contribution in [-0.4, -0.2) is 6.54 Å². The van der Waals surface area contributed by atoms with Gasteiger partial charge in [0.25, 0.3) is 0 Å². The normalized spacial score (nSPS) is 27.6. The highest BCUT2D eigenvalue weighted by molar-refractivity contribution is 4.86. The van der Waals surface area contributed by atoms with E-state index in [1.165, 1.54) is 83.5 Å². The van der Waals surface area contributed by atoms with Crippen LogP contribution in [0.5, 0.6) is 0 Å². The second kappa shape index (κ2) is 9.80. The summed E-state index contributed by atoms with van der Waals surface area (Å²) in [6.07, 6.45) is 18.4. The first-order chi connectivity index (χ1) is 9.22. The summed E-state index contributed by atoms with van der Waals surface area (Å²) >= 11 is 0. The van der Waals surface area contributed by atoms with E-state index in [-0.39, 0.29) is 0 Å². The summed E-state index contributed by atoms with van der Waals surface area (Å²) in [5, 5.41) is 0. The molecule has 114 valence electrons. The largest absolute Gasteiger partial charge is 0.330 e. The lowest BCUT2D eigenvalue weighted by Gasteiger charge is -2.39. The predicted octanol–water partition coefficient (Wildman–Crippen LogP) is 5.67. The molecule has 0 aromatic heterocycles. The van der Waals surface area contributed by atoms with Crippen molar-refractivity contribution in [2.45, 2.75) is 97.3 Å². The van der Waals surface area contributed by atoms with Gasteiger partial charge < -0.3 is 5.73 Å². The predicted molar refractivity (Wildman–Crippen MR) is 86.3 cm³/mol. The highest BCUT2D eigenvalue weighted by Crippen LogP contribution is 2.42. The Labute approximate surface area is 121 Å². The van der Waals surface area contributed by atoms with Crippen molar-refractivity contribution in [2.24, 2.45) is 17.1 Å². The van der Waals surface area contributed by atoms with Gasteiger partial charge in [0.2, 0.25) is 0 Å². The molecule has 1 fully saturated rings. The molecule has 0 bridgehead atoms. The van der Waals surface area contributed by atoms with Crippen LogP contribution in [0.25, 0.3) is 0 Å². The van der Waals surface area contributed by atoms with Crippen LogP contribution in [0.4, 0.5) is 0 Å². The maximum absolute atomic E-state index is 6.10. The summed E-state index contributed by atoms with van der Waals surface area (Å²) in [7, 11) is 0. The first kappa shape index (κ1) is 17.0. The molecule has 1 saturated carbocycles. The zero-order valence-electron chi connectivity index (χ0n) is 13.6. The van der Waals surface area contributed by atoms with Crippen LogP contribution in [0.2, 0.25) is 0 Å². The van der Waals surface area contributed by atoms with Crippen molar-refractivity contribution in [1.29, 1.82) is 0 Å². The average molecular weight is 268 g/mol. The Balaban J connectivity index is 2.06. The van der Waals surface area contributed by atoms with Crippen LogP contribution in [0, 0.1) is 11.3 Å². The van der Waals surface area contributed by atoms with Crippen LogP contribution in [0.15, 0.2) is 0 Å². The lowest BCUT2D eigenvalue weighted by atomic mass is 9.67. The van der Waals surface area contributed by atoms with Gasteiger partial charge >= 0.3 is 0 Å². The average Bonchev–Trinajstić information content (AvgIpc) is 2.42. The van der Waals surface area contributed by atoms with Gasteiger partial charge in [-0.15, -0.1) is 0 Å². The fourth-order valence-corrected chi connectivity index (χ4v) is 3.92. The molecule has 0 saturated heterocycles. The Bertz CT molecular complexity index is 214. The molecule has 19 heavy (non-hydrogen) atoms. The van der Waals surface area contributed by atoms with Gasteiger partial charge in [-0.3, -0.25) is 0 Å². The number of nitrogens with two attached hydrogens (primary N) is 1. The number of hydrogen-bond donors (Lipinski definition) is 1. The van der Waals surface area contributed by atoms with Crippen molar-refractivity contribution >= 4 is 0 Å². The third kappa shape index (κ3) is 6.79. The Morgan fingerprint density at radius 1 is 1.00 bits per heavy atom. The van der Waals surface area contributed by atoms with Crippen LogP contribution in [0.3, 0.4) is 0 Å². The first-order valence-corrected chi connectivity index (χ1v) is 8.92. The van der Waals surface area contributed by atoms with Gasteiger partial charge in [0.15, 0.2) is 0 Å². The lowest BCUT2D eigenvalue weighted by molar-refractivity contribution is 0.137. The summed E-state index contributed by atoms with van der Waals surface area (Å²) in [4.78, 5) is 0. The molecule has 1 rings (SSSR count). The molecule has 2 atom stereocenters. The smallest absolute Gasteiger partial charge is 0.00204 e. The van der Waals surface area contributed by atoms with Gasteiger partial charge in [-0.25, -0.2) is 0 Å². The fraction of sp³-hybridized carbons (Fsp3) is 1.00. The Hall–Kier alpha value is -0.0400. The van der Waals surface area contributed by atoms with Crippen LogP contribution in [-0.2, 0) is 0 Å². The molecule has 1 nitrogen and oxygen atoms in total. The molecule has 0 heterocycles. The summed E-state index contributed by atoms with van der Waals surface area (Å²) in [6, 6.07) is 0. The summed E-state index contributed by atoms with van der Waals surface area (Å²) in [6.45, 7) is 5.63. The summed E-state index contributed by atoms with van der Waals surface area (Å²) in [5.74, 6) is 0.909. The molecule has 0 aromatic carbocycles. The van der Waals surface area contributed by atoms with Crippen molar-refractivity contribution in [2.75, 3.05) is 6.54 Å². The van der Waals surface area contributed by atoms with Gasteiger partial charge in [0, 0.05) is 0 Å². The Kier molecular flexibility index (Phi) is 8.77. The van der Waals surface area contributed by atoms with E-state index in [4.69, 9.17) is 5.73 Å². The molecule has 0 aliphatic heterocycles. The maximum atomic E-state index is 6.10. The van der Waals surface area contributed by atoms with Gasteiger partial charge in [-0.2, -0.15) is 0 Å². The number of hydrogen-bond acceptors (Lipinski definition) is 1. The van der Waals surface area contributed by atoms with Crippen LogP contribution < -0.4 is 5.73 Å². The quantitative estimate of drug-likeness (QED) is 0.507. The fourth-order valence-electron chi connectivity index (χ4n) is 3.92. The molecule has 1 aliphatic rings. The van der Waals surface area contributed by atoms with E-state index in [1.54, 1.807) is 0 Å². The molecular weight excluding hydrogens is 230 g/mol. The van der Waals surface area contributed by atoms with Gasteiger partial charge in [-0.1, -0.05) is 78.1 Å². The standard InChI is InChI=1S/C18H37N/c1-3-4-5-6-7-8-9-10-13-18(16-19)14-11-12-17(2)15-18/h17H,3-16,19H2,1-2H3. The zero-order valence-corrected chi connectivity index (χ0v) is 13.6. The van der Waals surface area contributed by atoms with E-state index < -0.39 is 0 Å². The molecule has 0 aromatic rings. The lowest BCUT2D eigenvalue weighted by Crippen LogP contribution is -2.35. The molecule has 1 heteroatoms. The van der Waals surface area contributed by atoms with Crippen molar-refractivity contribution in [3.8, 4) is 0 Å². The minimum absolute atomic E-state index is 0.514. The molecule has 0 spiro atoms. The highest BCUT2D eigenvalue weighted by atomic mass is 14.6. The minimum atomic E-state index is 0.514. The molecule has 2 N–H and O–H groups in total. The van der Waals surface area contributed by atoms with E-state index in [2.05, 4.69) is 13.8 Å². The van der Waals surface area contributed by atoms with E-state index in [0.29, 0.717) is 5.41 Å². The number of unbranched alkanes of at least 4 members (excludes halogenated alkanes) is 7. The van der Waals surface area contributed by atoms with E-state index >= 15 is 0 Å². The number of rotatable bonds is 10. The van der Waals surface area contributed by atoms with E-state index in [9.17, 15) is 0 Å². The van der Waals surface area contributed by atoms with Crippen molar-refractivity contribution in [3.63, 3.8) is 0 Å². The molecule has 0 radical (unpaired) electrons. The van der Waals surface area contributed by atoms with Gasteiger partial charge in [-0.05, 0) is 37.1 Å². The minimum Gasteiger partial charge on any atom is -0.330 e. The van der Waals surface area contributed by atoms with Crippen molar-refractivity contribution < 1.29 is 0 Å². The van der Waals surface area contributed by atoms with Crippen molar-refractivity contribution in [1.82, 2.24) is 0 Å². The van der Waals surface area contributed by atoms with Crippen molar-refractivity contribution in [3.05, 3.63) is 0 Å². The van der Waals surface area contributed by atoms with Gasteiger partial charge in [0.05, 0.1) is 0 Å². The second-order valence-electron chi connectivity index (χ2n) is 7.13. The monoisotopic (exact) mass is 267 g/mol. The molecule has 2 unspecified atom stereocenters. The second-order valence-corrected chi connectivity index (χ2v) is 7.13. The Morgan fingerprint density at radius 3 is 2.21 bits per heavy atom. The van der Waals surface area contributed by atoms with Gasteiger partial charge in [0.1, 0.15) is 0 Å². The molecule has 0 amide bonds. The third-order valence-corrected chi connectivity index (χ3v) is 5.18. The SMILES string of the molecule is CCCCCCCCCCC1(CN)CCCC(C)C1.